The van der Waals surface area contributed by atoms with Crippen LogP contribution in [0.3, 0.4) is 0 Å². The number of carbonyl (C=O) groups excluding carboxylic acids is 1. The van der Waals surface area contributed by atoms with E-state index in [-0.39, 0.29) is 34.9 Å². The SMILES string of the molecule is CC1CC[C@@]2(OC1)OC1C[C@H]3[C@@H]4CC[C@H]5C[C@@H](OC6OC(CI)C(OC7OC(CI)C(O)C(O)C7O)C(O)C6O)CC[C@]5(C)[C@H]4C(=O)C[C@]3(C)C1[C@@H]2C. The van der Waals surface area contributed by atoms with E-state index in [9.17, 15) is 30.3 Å². The standard InChI is InChI=1S/C39H60I2O12/c1-17-7-10-39(48-16-17)18(2)27-24(53-39)12-22-21-6-5-19-11-20(8-9-37(19,3)28(21)23(42)13-38(22,27)4)49-35-33(47)31(45)34(26(15-41)51-35)52-36-32(46)30(44)29(43)25(14-40)50-36/h17-22,24-36,43-47H,5-16H2,1-4H3/t17?,18-,19-,20-,21-,22-,24?,25?,26?,27?,28+,29?,30?,31?,32?,33?,34?,35?,36?,37-,38-,39+/m0/s1. The minimum Gasteiger partial charge on any atom is -0.388 e. The molecule has 1 spiro atoms. The van der Waals surface area contributed by atoms with Gasteiger partial charge in [-0.25, -0.2) is 0 Å². The van der Waals surface area contributed by atoms with Gasteiger partial charge in [-0.2, -0.15) is 0 Å². The third-order valence-electron chi connectivity index (χ3n) is 15.8. The summed E-state index contributed by atoms with van der Waals surface area (Å²) in [7, 11) is 0. The molecule has 12 nitrogen and oxygen atoms in total. The van der Waals surface area contributed by atoms with Crippen molar-refractivity contribution in [2.45, 2.75) is 165 Å². The Bertz CT molecular complexity index is 1350. The first-order valence-corrected chi connectivity index (χ1v) is 23.2. The number of carbonyl (C=O) groups is 1. The molecule has 0 aromatic heterocycles. The molecule has 4 heterocycles. The molecule has 53 heavy (non-hydrogen) atoms. The molecule has 4 saturated heterocycles. The summed E-state index contributed by atoms with van der Waals surface area (Å²) in [5, 5.41) is 53.8. The van der Waals surface area contributed by atoms with Gasteiger partial charge in [0.1, 0.15) is 42.4 Å². The summed E-state index contributed by atoms with van der Waals surface area (Å²) in [5.74, 6) is 2.23. The molecule has 4 saturated carbocycles. The Morgan fingerprint density at radius 2 is 1.49 bits per heavy atom. The fraction of sp³-hybridized carbons (Fsp3) is 0.974. The van der Waals surface area contributed by atoms with Crippen LogP contribution in [0.5, 0.6) is 0 Å². The van der Waals surface area contributed by atoms with E-state index >= 15 is 0 Å². The molecule has 0 aromatic carbocycles. The van der Waals surface area contributed by atoms with Crippen LogP contribution >= 0.6 is 45.2 Å². The van der Waals surface area contributed by atoms with Crippen LogP contribution < -0.4 is 0 Å². The van der Waals surface area contributed by atoms with E-state index in [1.165, 1.54) is 0 Å². The monoisotopic (exact) mass is 974 g/mol. The van der Waals surface area contributed by atoms with Crippen LogP contribution in [0, 0.1) is 52.3 Å². The van der Waals surface area contributed by atoms with Gasteiger partial charge < -0.3 is 54.0 Å². The lowest BCUT2D eigenvalue weighted by molar-refractivity contribution is -0.356. The summed E-state index contributed by atoms with van der Waals surface area (Å²) < 4.78 is 38.6. The highest BCUT2D eigenvalue weighted by Crippen LogP contribution is 2.70. The number of aliphatic hydroxyl groups is 5. The predicted octanol–water partition coefficient (Wildman–Crippen LogP) is 3.51. The van der Waals surface area contributed by atoms with Crippen LogP contribution in [-0.2, 0) is 33.2 Å². The average molecular weight is 975 g/mol. The largest absolute Gasteiger partial charge is 0.388 e. The summed E-state index contributed by atoms with van der Waals surface area (Å²) >= 11 is 4.14. The number of Topliss-reactive ketones (excluding diaryl/α,β-unsaturated/α-hetero) is 1. The molecular weight excluding hydrogens is 914 g/mol. The van der Waals surface area contributed by atoms with Gasteiger partial charge in [0, 0.05) is 33.5 Å². The van der Waals surface area contributed by atoms with Crippen LogP contribution in [-0.4, -0.2) is 126 Å². The molecule has 8 fully saturated rings. The van der Waals surface area contributed by atoms with Crippen molar-refractivity contribution < 1.29 is 58.7 Å². The molecule has 5 N–H and O–H groups in total. The maximum Gasteiger partial charge on any atom is 0.187 e. The molecule has 8 rings (SSSR count). The van der Waals surface area contributed by atoms with Crippen molar-refractivity contribution in [2.75, 3.05) is 15.5 Å². The molecule has 14 heteroatoms. The number of ketones is 1. The summed E-state index contributed by atoms with van der Waals surface area (Å²) in [6.45, 7) is 10.0. The molecule has 4 aliphatic heterocycles. The molecule has 0 bridgehead atoms. The van der Waals surface area contributed by atoms with E-state index in [4.69, 9.17) is 28.4 Å². The molecule has 302 valence electrons. The fourth-order valence-corrected chi connectivity index (χ4v) is 14.4. The van der Waals surface area contributed by atoms with Crippen LogP contribution in [0.4, 0.5) is 0 Å². The smallest absolute Gasteiger partial charge is 0.187 e. The van der Waals surface area contributed by atoms with E-state index in [1.807, 2.05) is 22.6 Å². The second kappa shape index (κ2) is 15.1. The van der Waals surface area contributed by atoms with Crippen LogP contribution in [0.1, 0.15) is 85.5 Å². The first kappa shape index (κ1) is 40.5. The Morgan fingerprint density at radius 3 is 2.19 bits per heavy atom. The van der Waals surface area contributed by atoms with Gasteiger partial charge in [-0.1, -0.05) is 72.9 Å². The molecule has 0 radical (unpaired) electrons. The van der Waals surface area contributed by atoms with Crippen molar-refractivity contribution >= 4 is 51.0 Å². The van der Waals surface area contributed by atoms with Crippen molar-refractivity contribution in [1.82, 2.24) is 0 Å². The lowest BCUT2D eigenvalue weighted by Crippen LogP contribution is -2.64. The summed E-state index contributed by atoms with van der Waals surface area (Å²) in [4.78, 5) is 14.5. The van der Waals surface area contributed by atoms with E-state index in [2.05, 4.69) is 50.3 Å². The van der Waals surface area contributed by atoms with Gasteiger partial charge in [0.2, 0.25) is 0 Å². The highest BCUT2D eigenvalue weighted by atomic mass is 127. The number of alkyl halides is 2. The summed E-state index contributed by atoms with van der Waals surface area (Å²) in [5.41, 5.74) is -0.202. The lowest BCUT2D eigenvalue weighted by Gasteiger charge is -2.60. The van der Waals surface area contributed by atoms with Gasteiger partial charge in [-0.3, -0.25) is 4.79 Å². The quantitative estimate of drug-likeness (QED) is 0.149. The van der Waals surface area contributed by atoms with Crippen LogP contribution in [0.15, 0.2) is 0 Å². The second-order valence-electron chi connectivity index (χ2n) is 18.6. The molecule has 0 amide bonds. The van der Waals surface area contributed by atoms with Gasteiger partial charge in [0.15, 0.2) is 18.4 Å². The molecule has 22 atom stereocenters. The highest BCUT2D eigenvalue weighted by molar-refractivity contribution is 14.1. The average Bonchev–Trinajstić information content (AvgIpc) is 3.57. The van der Waals surface area contributed by atoms with Crippen LogP contribution in [0.2, 0.25) is 0 Å². The highest BCUT2D eigenvalue weighted by Gasteiger charge is 2.71. The molecule has 8 aliphatic rings. The van der Waals surface area contributed by atoms with Crippen molar-refractivity contribution in [2.24, 2.45) is 52.3 Å². The molecular formula is C39H60I2O12. The molecule has 0 aromatic rings. The minimum absolute atomic E-state index is 0.0265. The number of halogens is 2. The topological polar surface area (TPSA) is 174 Å². The second-order valence-corrected chi connectivity index (χ2v) is 20.4. The maximum absolute atomic E-state index is 14.5. The third-order valence-corrected chi connectivity index (χ3v) is 17.5. The number of hydrogen-bond acceptors (Lipinski definition) is 12. The molecule has 13 unspecified atom stereocenters. The van der Waals surface area contributed by atoms with Crippen molar-refractivity contribution in [3.63, 3.8) is 0 Å². The zero-order valence-electron chi connectivity index (χ0n) is 31.3. The van der Waals surface area contributed by atoms with Gasteiger partial charge in [0.25, 0.3) is 0 Å². The minimum atomic E-state index is -1.55. The summed E-state index contributed by atoms with van der Waals surface area (Å²) in [6, 6.07) is 0. The van der Waals surface area contributed by atoms with Crippen molar-refractivity contribution in [1.29, 1.82) is 0 Å². The zero-order chi connectivity index (χ0) is 37.8. The fourth-order valence-electron chi connectivity index (χ4n) is 13.0. The van der Waals surface area contributed by atoms with E-state index in [0.717, 1.165) is 58.0 Å². The Morgan fingerprint density at radius 1 is 0.792 bits per heavy atom. The van der Waals surface area contributed by atoms with Gasteiger partial charge in [-0.05, 0) is 85.4 Å². The normalized spacial score (nSPS) is 58.2. The van der Waals surface area contributed by atoms with E-state index in [1.54, 1.807) is 0 Å². The Labute approximate surface area is 340 Å². The van der Waals surface area contributed by atoms with Gasteiger partial charge in [0.05, 0.1) is 31.0 Å². The Kier molecular flexibility index (Phi) is 11.5. The van der Waals surface area contributed by atoms with Crippen molar-refractivity contribution in [3.05, 3.63) is 0 Å². The Hall–Kier alpha value is 0.690. The zero-order valence-corrected chi connectivity index (χ0v) is 35.6. The van der Waals surface area contributed by atoms with Crippen molar-refractivity contribution in [3.8, 4) is 0 Å². The summed E-state index contributed by atoms with van der Waals surface area (Å²) in [6.07, 6.45) is -4.08. The van der Waals surface area contributed by atoms with Crippen LogP contribution in [0.25, 0.3) is 0 Å². The van der Waals surface area contributed by atoms with Gasteiger partial charge >= 0.3 is 0 Å². The number of hydrogen-bond donors (Lipinski definition) is 5. The van der Waals surface area contributed by atoms with E-state index in [0.29, 0.717) is 50.6 Å². The van der Waals surface area contributed by atoms with Gasteiger partial charge in [-0.15, -0.1) is 0 Å². The van der Waals surface area contributed by atoms with E-state index < -0.39 is 67.2 Å². The first-order valence-electron chi connectivity index (χ1n) is 20.1. The third kappa shape index (κ3) is 6.56. The number of rotatable bonds is 6. The molecule has 4 aliphatic carbocycles. The predicted molar refractivity (Wildman–Crippen MR) is 207 cm³/mol. The first-order chi connectivity index (χ1) is 25.2. The lowest BCUT2D eigenvalue weighted by atomic mass is 9.44. The number of aliphatic hydroxyl groups excluding tert-OH is 5. The number of fused-ring (bicyclic) bond motifs is 7. The Balaban J connectivity index is 0.911. The maximum atomic E-state index is 14.5. The number of ether oxygens (including phenoxy) is 6.